The normalized spacial score (nSPS) is 14.9. The van der Waals surface area contributed by atoms with Crippen LogP contribution in [-0.4, -0.2) is 60.6 Å². The Kier molecular flexibility index (Phi) is 5.75. The topological polar surface area (TPSA) is 85.4 Å². The van der Waals surface area contributed by atoms with Gasteiger partial charge >= 0.3 is 5.69 Å². The summed E-state index contributed by atoms with van der Waals surface area (Å²) in [5.41, 5.74) is 0.581. The molecule has 34 heavy (non-hydrogen) atoms. The lowest BCUT2D eigenvalue weighted by atomic mass is 10.0. The molecule has 0 N–H and O–H groups in total. The van der Waals surface area contributed by atoms with Crippen molar-refractivity contribution in [1.29, 1.82) is 0 Å². The van der Waals surface area contributed by atoms with Gasteiger partial charge in [-0.25, -0.2) is 4.79 Å². The van der Waals surface area contributed by atoms with Crippen LogP contribution in [0.25, 0.3) is 21.9 Å². The molecule has 1 fully saturated rings. The lowest BCUT2D eigenvalue weighted by molar-refractivity contribution is -0.133. The van der Waals surface area contributed by atoms with E-state index >= 15 is 0 Å². The van der Waals surface area contributed by atoms with Crippen molar-refractivity contribution in [3.8, 4) is 0 Å². The minimum atomic E-state index is -0.523. The first kappa shape index (κ1) is 22.4. The van der Waals surface area contributed by atoms with Crippen molar-refractivity contribution in [3.63, 3.8) is 0 Å². The SMILES string of the molecule is Cn1c(=O)c2c(nc(Cl)n2CC(=O)N2CCN(Cc3cccc4ccccc34)CC2)n(C)c1=O. The van der Waals surface area contributed by atoms with Gasteiger partial charge < -0.3 is 4.90 Å². The van der Waals surface area contributed by atoms with Crippen LogP contribution < -0.4 is 11.2 Å². The Balaban J connectivity index is 1.30. The smallest absolute Gasteiger partial charge is 0.332 e. The number of aromatic nitrogens is 4. The van der Waals surface area contributed by atoms with E-state index in [0.29, 0.717) is 13.1 Å². The average Bonchev–Trinajstić information content (AvgIpc) is 3.18. The molecule has 9 nitrogen and oxygen atoms in total. The van der Waals surface area contributed by atoms with Crippen LogP contribution in [0, 0.1) is 0 Å². The Morgan fingerprint density at radius 3 is 2.44 bits per heavy atom. The van der Waals surface area contributed by atoms with Crippen molar-refractivity contribution in [2.75, 3.05) is 26.2 Å². The van der Waals surface area contributed by atoms with Gasteiger partial charge in [-0.15, -0.1) is 0 Å². The van der Waals surface area contributed by atoms with E-state index in [1.54, 1.807) is 4.90 Å². The Morgan fingerprint density at radius 2 is 1.68 bits per heavy atom. The number of carbonyl (C=O) groups excluding carboxylic acids is 1. The number of halogens is 1. The molecule has 0 unspecified atom stereocenters. The minimum absolute atomic E-state index is 0.0104. The number of hydrogen-bond acceptors (Lipinski definition) is 5. The van der Waals surface area contributed by atoms with Gasteiger partial charge in [0, 0.05) is 46.8 Å². The summed E-state index contributed by atoms with van der Waals surface area (Å²) >= 11 is 6.27. The lowest BCUT2D eigenvalue weighted by Crippen LogP contribution is -2.49. The molecule has 0 radical (unpaired) electrons. The van der Waals surface area contributed by atoms with E-state index in [1.807, 2.05) is 6.07 Å². The Hall–Kier alpha value is -3.43. The summed E-state index contributed by atoms with van der Waals surface area (Å²) in [4.78, 5) is 46.2. The second kappa shape index (κ2) is 8.73. The average molecular weight is 481 g/mol. The summed E-state index contributed by atoms with van der Waals surface area (Å²) in [6, 6.07) is 14.7. The zero-order valence-electron chi connectivity index (χ0n) is 19.1. The maximum Gasteiger partial charge on any atom is 0.332 e. The molecule has 0 spiro atoms. The van der Waals surface area contributed by atoms with E-state index in [-0.39, 0.29) is 28.9 Å². The summed E-state index contributed by atoms with van der Waals surface area (Å²) in [6.45, 7) is 3.40. The second-order valence-corrected chi connectivity index (χ2v) is 8.98. The van der Waals surface area contributed by atoms with E-state index in [1.165, 1.54) is 39.6 Å². The van der Waals surface area contributed by atoms with E-state index in [4.69, 9.17) is 11.6 Å². The maximum absolute atomic E-state index is 13.1. The number of benzene rings is 2. The number of hydrogen-bond donors (Lipinski definition) is 0. The summed E-state index contributed by atoms with van der Waals surface area (Å²) in [6.07, 6.45) is 0. The number of amides is 1. The van der Waals surface area contributed by atoms with Gasteiger partial charge in [-0.3, -0.25) is 28.2 Å². The van der Waals surface area contributed by atoms with Crippen LogP contribution in [0.15, 0.2) is 52.1 Å². The highest BCUT2D eigenvalue weighted by Crippen LogP contribution is 2.21. The van der Waals surface area contributed by atoms with Gasteiger partial charge in [0.15, 0.2) is 11.2 Å². The number of piperazine rings is 1. The third-order valence-electron chi connectivity index (χ3n) is 6.59. The number of rotatable bonds is 4. The molecule has 1 amide bonds. The lowest BCUT2D eigenvalue weighted by Gasteiger charge is -2.35. The van der Waals surface area contributed by atoms with Gasteiger partial charge in [0.2, 0.25) is 11.2 Å². The molecule has 4 aromatic rings. The first-order chi connectivity index (χ1) is 16.3. The molecule has 0 saturated carbocycles. The maximum atomic E-state index is 13.1. The predicted octanol–water partition coefficient (Wildman–Crippen LogP) is 1.58. The highest BCUT2D eigenvalue weighted by atomic mass is 35.5. The zero-order valence-corrected chi connectivity index (χ0v) is 19.8. The fourth-order valence-corrected chi connectivity index (χ4v) is 4.85. The van der Waals surface area contributed by atoms with E-state index in [0.717, 1.165) is 24.2 Å². The highest BCUT2D eigenvalue weighted by molar-refractivity contribution is 6.29. The largest absolute Gasteiger partial charge is 0.339 e. The van der Waals surface area contributed by atoms with Crippen molar-refractivity contribution in [3.05, 3.63) is 74.1 Å². The molecular formula is C24H25ClN6O3. The van der Waals surface area contributed by atoms with Gasteiger partial charge in [0.1, 0.15) is 6.54 Å². The quantitative estimate of drug-likeness (QED) is 0.414. The van der Waals surface area contributed by atoms with Crippen molar-refractivity contribution in [2.24, 2.45) is 14.1 Å². The molecular weight excluding hydrogens is 456 g/mol. The van der Waals surface area contributed by atoms with Gasteiger partial charge in [-0.05, 0) is 27.9 Å². The molecule has 0 atom stereocenters. The summed E-state index contributed by atoms with van der Waals surface area (Å²) in [5, 5.41) is 2.49. The molecule has 10 heteroatoms. The van der Waals surface area contributed by atoms with Gasteiger partial charge in [-0.2, -0.15) is 4.98 Å². The van der Waals surface area contributed by atoms with Crippen molar-refractivity contribution in [1.82, 2.24) is 28.5 Å². The third-order valence-corrected chi connectivity index (χ3v) is 6.88. The first-order valence-electron chi connectivity index (χ1n) is 11.1. The minimum Gasteiger partial charge on any atom is -0.339 e. The van der Waals surface area contributed by atoms with Crippen LogP contribution in [0.4, 0.5) is 0 Å². The molecule has 2 aromatic heterocycles. The fraction of sp³-hybridized carbons (Fsp3) is 0.333. The number of aryl methyl sites for hydroxylation is 1. The molecule has 176 valence electrons. The molecule has 1 aliphatic heterocycles. The van der Waals surface area contributed by atoms with Crippen LogP contribution in [0.5, 0.6) is 0 Å². The third kappa shape index (κ3) is 3.80. The van der Waals surface area contributed by atoms with Crippen LogP contribution in [0.1, 0.15) is 5.56 Å². The van der Waals surface area contributed by atoms with Crippen molar-refractivity contribution >= 4 is 39.4 Å². The number of carbonyl (C=O) groups is 1. The van der Waals surface area contributed by atoms with Gasteiger partial charge in [0.05, 0.1) is 0 Å². The van der Waals surface area contributed by atoms with Gasteiger partial charge in [-0.1, -0.05) is 42.5 Å². The monoisotopic (exact) mass is 480 g/mol. The predicted molar refractivity (Wildman–Crippen MR) is 131 cm³/mol. The Morgan fingerprint density at radius 1 is 0.971 bits per heavy atom. The second-order valence-electron chi connectivity index (χ2n) is 8.64. The molecule has 0 aliphatic carbocycles. The number of nitrogens with zero attached hydrogens (tertiary/aromatic N) is 6. The van der Waals surface area contributed by atoms with E-state index in [2.05, 4.69) is 46.3 Å². The molecule has 1 saturated heterocycles. The highest BCUT2D eigenvalue weighted by Gasteiger charge is 2.25. The molecule has 2 aromatic carbocycles. The van der Waals surface area contributed by atoms with E-state index < -0.39 is 11.2 Å². The summed E-state index contributed by atoms with van der Waals surface area (Å²) < 4.78 is 3.65. The first-order valence-corrected chi connectivity index (χ1v) is 11.5. The fourth-order valence-electron chi connectivity index (χ4n) is 4.63. The molecule has 3 heterocycles. The summed E-state index contributed by atoms with van der Waals surface area (Å²) in [5.74, 6) is -0.137. The van der Waals surface area contributed by atoms with Gasteiger partial charge in [0.25, 0.3) is 5.56 Å². The number of fused-ring (bicyclic) bond motifs is 2. The van der Waals surface area contributed by atoms with Crippen LogP contribution >= 0.6 is 11.6 Å². The Labute approximate surface area is 200 Å². The van der Waals surface area contributed by atoms with Crippen LogP contribution in [-0.2, 0) is 32.0 Å². The Bertz CT molecular complexity index is 1520. The molecule has 1 aliphatic rings. The summed E-state index contributed by atoms with van der Waals surface area (Å²) in [7, 11) is 2.92. The molecule has 0 bridgehead atoms. The van der Waals surface area contributed by atoms with Crippen molar-refractivity contribution in [2.45, 2.75) is 13.1 Å². The van der Waals surface area contributed by atoms with Crippen molar-refractivity contribution < 1.29 is 4.79 Å². The van der Waals surface area contributed by atoms with Crippen LogP contribution in [0.2, 0.25) is 5.28 Å². The molecule has 5 rings (SSSR count). The zero-order chi connectivity index (χ0) is 24.0. The van der Waals surface area contributed by atoms with E-state index in [9.17, 15) is 14.4 Å². The number of imidazole rings is 1. The standard InChI is InChI=1S/C24H25ClN6O3/c1-27-21-20(22(33)28(2)24(27)34)31(23(25)26-21)15-19(32)30-12-10-29(11-13-30)14-17-8-5-7-16-6-3-4-9-18(16)17/h3-9H,10-15H2,1-2H3. The van der Waals surface area contributed by atoms with Crippen LogP contribution in [0.3, 0.4) is 0 Å².